The molecule has 0 heterocycles. The maximum Gasteiger partial charge on any atom is 0.306 e. The molecular formula is C34H64O4. The highest BCUT2D eigenvalue weighted by atomic mass is 16.5. The Morgan fingerprint density at radius 1 is 0.579 bits per heavy atom. The Kier molecular flexibility index (Phi) is 29.2. The summed E-state index contributed by atoms with van der Waals surface area (Å²) in [4.78, 5) is 22.5. The fourth-order valence-corrected chi connectivity index (χ4v) is 4.98. The Balaban J connectivity index is 3.32. The predicted molar refractivity (Wildman–Crippen MR) is 163 cm³/mol. The number of carbonyl (C=O) groups excluding carboxylic acids is 1. The van der Waals surface area contributed by atoms with E-state index in [9.17, 15) is 9.59 Å². The Morgan fingerprint density at radius 3 is 1.45 bits per heavy atom. The van der Waals surface area contributed by atoms with Gasteiger partial charge in [0.1, 0.15) is 0 Å². The first-order valence-corrected chi connectivity index (χ1v) is 16.6. The van der Waals surface area contributed by atoms with Gasteiger partial charge in [0.05, 0.1) is 6.10 Å². The number of ether oxygens (including phenoxy) is 1. The van der Waals surface area contributed by atoms with Crippen LogP contribution in [0.5, 0.6) is 0 Å². The number of unbranched alkanes of at least 4 members (excludes halogenated alkanes) is 21. The molecule has 224 valence electrons. The van der Waals surface area contributed by atoms with Gasteiger partial charge in [0.2, 0.25) is 0 Å². The van der Waals surface area contributed by atoms with Gasteiger partial charge in [-0.25, -0.2) is 0 Å². The van der Waals surface area contributed by atoms with Crippen LogP contribution < -0.4 is 0 Å². The first kappa shape index (κ1) is 36.7. The van der Waals surface area contributed by atoms with Gasteiger partial charge in [0, 0.05) is 12.8 Å². The molecule has 1 atom stereocenters. The summed E-state index contributed by atoms with van der Waals surface area (Å²) in [6, 6.07) is 0. The van der Waals surface area contributed by atoms with Crippen LogP contribution in [0.25, 0.3) is 0 Å². The van der Waals surface area contributed by atoms with E-state index in [-0.39, 0.29) is 12.1 Å². The summed E-state index contributed by atoms with van der Waals surface area (Å²) in [5.41, 5.74) is 0. The molecule has 0 saturated carbocycles. The summed E-state index contributed by atoms with van der Waals surface area (Å²) in [5.74, 6) is -0.680. The summed E-state index contributed by atoms with van der Waals surface area (Å²) in [6.45, 7) is 4.30. The molecular weight excluding hydrogens is 472 g/mol. The average molecular weight is 537 g/mol. The third-order valence-electron chi connectivity index (χ3n) is 7.48. The van der Waals surface area contributed by atoms with Gasteiger partial charge in [-0.15, -0.1) is 0 Å². The van der Waals surface area contributed by atoms with Gasteiger partial charge in [-0.3, -0.25) is 9.59 Å². The molecule has 0 aliphatic rings. The molecule has 0 aromatic heterocycles. The fourth-order valence-electron chi connectivity index (χ4n) is 4.98. The van der Waals surface area contributed by atoms with Crippen molar-refractivity contribution in [3.05, 3.63) is 12.2 Å². The molecule has 4 heteroatoms. The maximum absolute atomic E-state index is 12.1. The Morgan fingerprint density at radius 2 is 0.974 bits per heavy atom. The summed E-state index contributed by atoms with van der Waals surface area (Å²) >= 11 is 0. The van der Waals surface area contributed by atoms with E-state index in [4.69, 9.17) is 9.84 Å². The van der Waals surface area contributed by atoms with Crippen molar-refractivity contribution in [2.24, 2.45) is 0 Å². The minimum absolute atomic E-state index is 0.0104. The second kappa shape index (κ2) is 30.2. The molecule has 0 aromatic carbocycles. The predicted octanol–water partition coefficient (Wildman–Crippen LogP) is 11.1. The summed E-state index contributed by atoms with van der Waals surface area (Å²) in [6.07, 6.45) is 36.3. The molecule has 0 saturated heterocycles. The second-order valence-corrected chi connectivity index (χ2v) is 11.5. The van der Waals surface area contributed by atoms with Crippen LogP contribution in [0.15, 0.2) is 12.2 Å². The minimum atomic E-state index is -0.670. The normalized spacial score (nSPS) is 12.3. The van der Waals surface area contributed by atoms with E-state index in [2.05, 4.69) is 19.1 Å². The number of rotatable bonds is 30. The van der Waals surface area contributed by atoms with Gasteiger partial charge in [-0.05, 0) is 58.3 Å². The first-order chi connectivity index (χ1) is 18.6. The highest BCUT2D eigenvalue weighted by Crippen LogP contribution is 2.15. The number of allylic oxidation sites excluding steroid dienone is 2. The quantitative estimate of drug-likeness (QED) is 0.0563. The van der Waals surface area contributed by atoms with Crippen LogP contribution in [0.1, 0.15) is 187 Å². The highest BCUT2D eigenvalue weighted by Gasteiger charge is 2.09. The number of esters is 1. The Hall–Kier alpha value is -1.32. The molecule has 0 aromatic rings. The van der Waals surface area contributed by atoms with E-state index in [1.165, 1.54) is 122 Å². The zero-order valence-corrected chi connectivity index (χ0v) is 25.5. The molecule has 38 heavy (non-hydrogen) atoms. The number of hydrogen-bond donors (Lipinski definition) is 1. The largest absolute Gasteiger partial charge is 0.481 e. The van der Waals surface area contributed by atoms with Crippen LogP contribution in [-0.4, -0.2) is 23.1 Å². The van der Waals surface area contributed by atoms with Crippen molar-refractivity contribution in [3.63, 3.8) is 0 Å². The summed E-state index contributed by atoms with van der Waals surface area (Å²) < 4.78 is 5.61. The minimum Gasteiger partial charge on any atom is -0.481 e. The van der Waals surface area contributed by atoms with E-state index in [1.807, 2.05) is 6.92 Å². The van der Waals surface area contributed by atoms with Crippen LogP contribution in [-0.2, 0) is 14.3 Å². The zero-order valence-electron chi connectivity index (χ0n) is 25.5. The van der Waals surface area contributed by atoms with Crippen molar-refractivity contribution < 1.29 is 19.4 Å². The number of hydrogen-bond acceptors (Lipinski definition) is 3. The maximum atomic E-state index is 12.1. The molecule has 0 fully saturated rings. The van der Waals surface area contributed by atoms with E-state index in [0.29, 0.717) is 12.8 Å². The summed E-state index contributed by atoms with van der Waals surface area (Å²) in [7, 11) is 0. The number of carbonyl (C=O) groups is 2. The van der Waals surface area contributed by atoms with Gasteiger partial charge in [0.15, 0.2) is 0 Å². The molecule has 0 spiro atoms. The van der Waals surface area contributed by atoms with Crippen molar-refractivity contribution in [1.29, 1.82) is 0 Å². The van der Waals surface area contributed by atoms with Crippen molar-refractivity contribution in [1.82, 2.24) is 0 Å². The van der Waals surface area contributed by atoms with Crippen LogP contribution in [0, 0.1) is 0 Å². The number of carboxylic acids is 1. The van der Waals surface area contributed by atoms with E-state index >= 15 is 0 Å². The van der Waals surface area contributed by atoms with Crippen LogP contribution in [0.3, 0.4) is 0 Å². The van der Waals surface area contributed by atoms with Crippen LogP contribution >= 0.6 is 0 Å². The SMILES string of the molecule is CCCCCC/C=C\CCCCCCCC(=O)OC(C)CCCCCCCCCCCCCCCC(=O)O. The fraction of sp³-hybridized carbons (Fsp3) is 0.882. The average Bonchev–Trinajstić information content (AvgIpc) is 2.88. The van der Waals surface area contributed by atoms with Gasteiger partial charge in [-0.2, -0.15) is 0 Å². The van der Waals surface area contributed by atoms with E-state index in [1.54, 1.807) is 0 Å². The number of aliphatic carboxylic acids is 1. The zero-order chi connectivity index (χ0) is 27.9. The van der Waals surface area contributed by atoms with E-state index in [0.717, 1.165) is 38.5 Å². The lowest BCUT2D eigenvalue weighted by Crippen LogP contribution is -2.14. The molecule has 0 aliphatic carbocycles. The second-order valence-electron chi connectivity index (χ2n) is 11.5. The van der Waals surface area contributed by atoms with Gasteiger partial charge in [-0.1, -0.05) is 128 Å². The lowest BCUT2D eigenvalue weighted by molar-refractivity contribution is -0.148. The Labute approximate surface area is 236 Å². The molecule has 0 rings (SSSR count). The molecule has 1 N–H and O–H groups in total. The molecule has 0 radical (unpaired) electrons. The van der Waals surface area contributed by atoms with Crippen molar-refractivity contribution in [2.45, 2.75) is 193 Å². The lowest BCUT2D eigenvalue weighted by atomic mass is 10.0. The van der Waals surface area contributed by atoms with Gasteiger partial charge >= 0.3 is 11.9 Å². The summed E-state index contributed by atoms with van der Waals surface area (Å²) in [5, 5.41) is 8.62. The van der Waals surface area contributed by atoms with Gasteiger partial charge in [0.25, 0.3) is 0 Å². The van der Waals surface area contributed by atoms with Crippen LogP contribution in [0.2, 0.25) is 0 Å². The van der Waals surface area contributed by atoms with Crippen molar-refractivity contribution in [3.8, 4) is 0 Å². The monoisotopic (exact) mass is 536 g/mol. The molecule has 0 aliphatic heterocycles. The van der Waals surface area contributed by atoms with Crippen LogP contribution in [0.4, 0.5) is 0 Å². The molecule has 0 amide bonds. The van der Waals surface area contributed by atoms with Gasteiger partial charge < -0.3 is 9.84 Å². The highest BCUT2D eigenvalue weighted by molar-refractivity contribution is 5.69. The van der Waals surface area contributed by atoms with Crippen molar-refractivity contribution in [2.75, 3.05) is 0 Å². The number of carboxylic acid groups (broad SMARTS) is 1. The van der Waals surface area contributed by atoms with Crippen molar-refractivity contribution >= 4 is 11.9 Å². The molecule has 1 unspecified atom stereocenters. The lowest BCUT2D eigenvalue weighted by Gasteiger charge is -2.13. The smallest absolute Gasteiger partial charge is 0.306 e. The molecule has 4 nitrogen and oxygen atoms in total. The standard InChI is InChI=1S/C34H64O4/c1-3-4-5-6-7-8-9-11-16-19-22-25-28-31-34(37)38-32(2)29-26-23-20-17-14-12-10-13-15-18-21-24-27-30-33(35)36/h8-9,32H,3-7,10-31H2,1-2H3,(H,35,36)/b9-8-. The topological polar surface area (TPSA) is 63.6 Å². The molecule has 0 bridgehead atoms. The van der Waals surface area contributed by atoms with E-state index < -0.39 is 5.97 Å². The third kappa shape index (κ3) is 30.9. The Bertz CT molecular complexity index is 543. The first-order valence-electron chi connectivity index (χ1n) is 16.6. The third-order valence-corrected chi connectivity index (χ3v) is 7.48.